The standard InChI is InChI=1S/C15H25NO/c1-15(2)12-4-3-11(14(15)9-12)10-16-7-5-13(17)6-8-16/h3,12-14,17H,4-10H2,1-2H3/t12-,14+/m0/s1. The summed E-state index contributed by atoms with van der Waals surface area (Å²) in [6, 6.07) is 0. The van der Waals surface area contributed by atoms with Crippen LogP contribution in [0.15, 0.2) is 11.6 Å². The summed E-state index contributed by atoms with van der Waals surface area (Å²) in [4.78, 5) is 2.54. The molecule has 1 N–H and O–H groups in total. The summed E-state index contributed by atoms with van der Waals surface area (Å²) >= 11 is 0. The van der Waals surface area contributed by atoms with Crippen molar-refractivity contribution in [2.45, 2.75) is 45.6 Å². The number of likely N-dealkylation sites (tertiary alicyclic amines) is 1. The summed E-state index contributed by atoms with van der Waals surface area (Å²) in [6.07, 6.45) is 7.12. The third-order valence-corrected chi connectivity index (χ3v) is 5.55. The van der Waals surface area contributed by atoms with E-state index in [4.69, 9.17) is 0 Å². The van der Waals surface area contributed by atoms with Gasteiger partial charge in [0, 0.05) is 19.6 Å². The van der Waals surface area contributed by atoms with Crippen molar-refractivity contribution in [1.29, 1.82) is 0 Å². The summed E-state index contributed by atoms with van der Waals surface area (Å²) in [5.41, 5.74) is 2.24. The molecule has 1 saturated heterocycles. The number of fused-ring (bicyclic) bond motifs is 1. The van der Waals surface area contributed by atoms with Gasteiger partial charge in [-0.15, -0.1) is 0 Å². The normalized spacial score (nSPS) is 37.5. The molecule has 0 spiro atoms. The van der Waals surface area contributed by atoms with Crippen LogP contribution >= 0.6 is 0 Å². The minimum atomic E-state index is -0.0453. The van der Waals surface area contributed by atoms with Crippen molar-refractivity contribution >= 4 is 0 Å². The van der Waals surface area contributed by atoms with Crippen molar-refractivity contribution in [2.24, 2.45) is 17.3 Å². The third kappa shape index (κ3) is 1.96. The quantitative estimate of drug-likeness (QED) is 0.743. The molecular weight excluding hydrogens is 210 g/mol. The third-order valence-electron chi connectivity index (χ3n) is 5.55. The molecule has 1 aliphatic heterocycles. The van der Waals surface area contributed by atoms with Gasteiger partial charge < -0.3 is 5.11 Å². The monoisotopic (exact) mass is 235 g/mol. The maximum absolute atomic E-state index is 9.53. The van der Waals surface area contributed by atoms with Crippen LogP contribution in [-0.4, -0.2) is 35.7 Å². The fraction of sp³-hybridized carbons (Fsp3) is 0.867. The summed E-state index contributed by atoms with van der Waals surface area (Å²) in [5, 5.41) is 9.53. The van der Waals surface area contributed by atoms with Crippen LogP contribution in [0.2, 0.25) is 0 Å². The molecule has 0 unspecified atom stereocenters. The van der Waals surface area contributed by atoms with Crippen LogP contribution in [0.5, 0.6) is 0 Å². The first-order valence-corrected chi connectivity index (χ1v) is 7.16. The number of rotatable bonds is 2. The fourth-order valence-electron chi connectivity index (χ4n) is 3.99. The Morgan fingerprint density at radius 3 is 2.65 bits per heavy atom. The largest absolute Gasteiger partial charge is 0.393 e. The molecular formula is C15H25NO. The molecule has 4 aliphatic rings. The van der Waals surface area contributed by atoms with Crippen LogP contribution in [0, 0.1) is 17.3 Å². The molecule has 0 radical (unpaired) electrons. The van der Waals surface area contributed by atoms with E-state index in [0.29, 0.717) is 5.41 Å². The highest BCUT2D eigenvalue weighted by atomic mass is 16.3. The molecule has 2 bridgehead atoms. The van der Waals surface area contributed by atoms with Gasteiger partial charge in [0.15, 0.2) is 0 Å². The molecule has 0 aromatic heterocycles. The number of piperidine rings is 1. The number of allylic oxidation sites excluding steroid dienone is 1. The van der Waals surface area contributed by atoms with Crippen molar-refractivity contribution in [3.63, 3.8) is 0 Å². The predicted molar refractivity (Wildman–Crippen MR) is 69.8 cm³/mol. The van der Waals surface area contributed by atoms with E-state index in [1.807, 2.05) is 0 Å². The van der Waals surface area contributed by atoms with Crippen molar-refractivity contribution in [1.82, 2.24) is 4.90 Å². The fourth-order valence-corrected chi connectivity index (χ4v) is 3.99. The molecule has 2 fully saturated rings. The van der Waals surface area contributed by atoms with Crippen LogP contribution in [0.25, 0.3) is 0 Å². The number of hydrogen-bond acceptors (Lipinski definition) is 2. The molecule has 2 nitrogen and oxygen atoms in total. The lowest BCUT2D eigenvalue weighted by atomic mass is 9.49. The first-order valence-electron chi connectivity index (χ1n) is 7.16. The Kier molecular flexibility index (Phi) is 2.83. The Morgan fingerprint density at radius 1 is 1.35 bits per heavy atom. The molecule has 1 heterocycles. The zero-order chi connectivity index (χ0) is 12.0. The minimum absolute atomic E-state index is 0.0453. The van der Waals surface area contributed by atoms with Crippen LogP contribution in [0.3, 0.4) is 0 Å². The molecule has 3 aliphatic carbocycles. The second kappa shape index (κ2) is 4.10. The molecule has 2 heteroatoms. The number of hydrogen-bond donors (Lipinski definition) is 1. The van der Waals surface area contributed by atoms with Gasteiger partial charge in [0.05, 0.1) is 6.10 Å². The second-order valence-electron chi connectivity index (χ2n) is 6.83. The number of aliphatic hydroxyl groups is 1. The second-order valence-corrected chi connectivity index (χ2v) is 6.83. The summed E-state index contributed by atoms with van der Waals surface area (Å²) in [6.45, 7) is 8.20. The number of aliphatic hydroxyl groups excluding tert-OH is 1. The Bertz CT molecular complexity index is 326. The molecule has 1 saturated carbocycles. The Hall–Kier alpha value is -0.340. The zero-order valence-electron chi connectivity index (χ0n) is 11.2. The Morgan fingerprint density at radius 2 is 2.06 bits per heavy atom. The predicted octanol–water partition coefficient (Wildman–Crippen LogP) is 2.44. The minimum Gasteiger partial charge on any atom is -0.393 e. The van der Waals surface area contributed by atoms with E-state index in [9.17, 15) is 5.11 Å². The maximum Gasteiger partial charge on any atom is 0.0564 e. The van der Waals surface area contributed by atoms with Gasteiger partial charge in [-0.1, -0.05) is 25.5 Å². The maximum atomic E-state index is 9.53. The number of nitrogens with zero attached hydrogens (tertiary/aromatic N) is 1. The van der Waals surface area contributed by atoms with Crippen molar-refractivity contribution in [2.75, 3.05) is 19.6 Å². The van der Waals surface area contributed by atoms with Gasteiger partial charge in [-0.05, 0) is 42.9 Å². The van der Waals surface area contributed by atoms with Crippen LogP contribution in [0.4, 0.5) is 0 Å². The lowest BCUT2D eigenvalue weighted by Gasteiger charge is -2.57. The van der Waals surface area contributed by atoms with E-state index >= 15 is 0 Å². The molecule has 0 aromatic carbocycles. The first kappa shape index (κ1) is 11.7. The Labute approximate surface area is 105 Å². The van der Waals surface area contributed by atoms with E-state index < -0.39 is 0 Å². The molecule has 96 valence electrons. The van der Waals surface area contributed by atoms with E-state index in [2.05, 4.69) is 24.8 Å². The Balaban J connectivity index is 1.61. The topological polar surface area (TPSA) is 23.5 Å². The average Bonchev–Trinajstić information content (AvgIpc) is 2.32. The van der Waals surface area contributed by atoms with E-state index in [0.717, 1.165) is 44.3 Å². The van der Waals surface area contributed by atoms with Crippen molar-refractivity contribution in [3.05, 3.63) is 11.6 Å². The average molecular weight is 235 g/mol. The first-order chi connectivity index (χ1) is 8.07. The molecule has 0 aromatic rings. The molecule has 17 heavy (non-hydrogen) atoms. The highest BCUT2D eigenvalue weighted by molar-refractivity contribution is 5.24. The molecule has 2 atom stereocenters. The van der Waals surface area contributed by atoms with Gasteiger partial charge in [0.25, 0.3) is 0 Å². The van der Waals surface area contributed by atoms with Gasteiger partial charge >= 0.3 is 0 Å². The van der Waals surface area contributed by atoms with Crippen molar-refractivity contribution < 1.29 is 5.11 Å². The summed E-state index contributed by atoms with van der Waals surface area (Å²) in [7, 11) is 0. The van der Waals surface area contributed by atoms with Gasteiger partial charge in [0.1, 0.15) is 0 Å². The van der Waals surface area contributed by atoms with Crippen molar-refractivity contribution in [3.8, 4) is 0 Å². The lowest BCUT2D eigenvalue weighted by Crippen LogP contribution is -2.50. The van der Waals surface area contributed by atoms with Gasteiger partial charge in [-0.25, -0.2) is 0 Å². The summed E-state index contributed by atoms with van der Waals surface area (Å²) in [5.74, 6) is 1.78. The van der Waals surface area contributed by atoms with Crippen LogP contribution in [0.1, 0.15) is 39.5 Å². The van der Waals surface area contributed by atoms with Gasteiger partial charge in [0.2, 0.25) is 0 Å². The van der Waals surface area contributed by atoms with Gasteiger partial charge in [-0.2, -0.15) is 0 Å². The lowest BCUT2D eigenvalue weighted by molar-refractivity contribution is -0.0127. The van der Waals surface area contributed by atoms with Gasteiger partial charge in [-0.3, -0.25) is 4.90 Å². The SMILES string of the molecule is CC1(C)[C@H]2CC=C(CN3CCC(O)CC3)[C@H]1C2. The van der Waals surface area contributed by atoms with E-state index in [1.165, 1.54) is 12.8 Å². The van der Waals surface area contributed by atoms with E-state index in [1.54, 1.807) is 5.57 Å². The van der Waals surface area contributed by atoms with Crippen LogP contribution in [-0.2, 0) is 0 Å². The van der Waals surface area contributed by atoms with E-state index in [-0.39, 0.29) is 6.10 Å². The molecule has 0 amide bonds. The molecule has 4 rings (SSSR count). The summed E-state index contributed by atoms with van der Waals surface area (Å²) < 4.78 is 0. The van der Waals surface area contributed by atoms with Crippen LogP contribution < -0.4 is 0 Å². The highest BCUT2D eigenvalue weighted by Gasteiger charge is 2.51. The zero-order valence-corrected chi connectivity index (χ0v) is 11.2. The highest BCUT2D eigenvalue weighted by Crippen LogP contribution is 2.59. The smallest absolute Gasteiger partial charge is 0.0564 e.